The number of amides is 1. The van der Waals surface area contributed by atoms with Crippen LogP contribution in [-0.4, -0.2) is 27.9 Å². The monoisotopic (exact) mass is 229 g/mol. The summed E-state index contributed by atoms with van der Waals surface area (Å²) < 4.78 is 0. The van der Waals surface area contributed by atoms with E-state index in [4.69, 9.17) is 0 Å². The van der Waals surface area contributed by atoms with Crippen LogP contribution >= 0.6 is 0 Å². The first-order valence-corrected chi connectivity index (χ1v) is 5.37. The van der Waals surface area contributed by atoms with Crippen molar-refractivity contribution < 1.29 is 4.79 Å². The van der Waals surface area contributed by atoms with E-state index in [1.165, 1.54) is 11.8 Å². The van der Waals surface area contributed by atoms with Crippen LogP contribution in [0.5, 0.6) is 0 Å². The van der Waals surface area contributed by atoms with E-state index in [1.54, 1.807) is 0 Å². The first-order chi connectivity index (χ1) is 8.33. The third-order valence-corrected chi connectivity index (χ3v) is 2.72. The third kappa shape index (κ3) is 1.84. The summed E-state index contributed by atoms with van der Waals surface area (Å²) in [5.41, 5.74) is 3.43. The minimum atomic E-state index is -0.260. The zero-order valence-electron chi connectivity index (χ0n) is 9.03. The Labute approximate surface area is 97.4 Å². The number of aromatic amines is 1. The molecule has 0 unspecified atom stereocenters. The predicted molar refractivity (Wildman–Crippen MR) is 63.0 cm³/mol. The molecule has 6 heteroatoms. The molecule has 3 rings (SSSR count). The van der Waals surface area contributed by atoms with E-state index in [1.807, 2.05) is 18.2 Å². The molecule has 0 aliphatic carbocycles. The van der Waals surface area contributed by atoms with Gasteiger partial charge < -0.3 is 10.6 Å². The number of carbonyl (C=O) groups is 1. The average molecular weight is 229 g/mol. The van der Waals surface area contributed by atoms with Crippen molar-refractivity contribution in [2.45, 2.75) is 6.42 Å². The molecule has 0 atom stereocenters. The fourth-order valence-corrected chi connectivity index (χ4v) is 1.89. The van der Waals surface area contributed by atoms with E-state index in [9.17, 15) is 4.79 Å². The van der Waals surface area contributed by atoms with Gasteiger partial charge in [-0.25, -0.2) is 0 Å². The fourth-order valence-electron chi connectivity index (χ4n) is 1.89. The quantitative estimate of drug-likeness (QED) is 0.718. The summed E-state index contributed by atoms with van der Waals surface area (Å²) in [4.78, 5) is 11.7. The maximum absolute atomic E-state index is 11.7. The van der Waals surface area contributed by atoms with E-state index in [0.29, 0.717) is 0 Å². The van der Waals surface area contributed by atoms with Gasteiger partial charge in [0.05, 0.1) is 6.20 Å². The van der Waals surface area contributed by atoms with Crippen LogP contribution in [0, 0.1) is 0 Å². The second kappa shape index (κ2) is 3.89. The van der Waals surface area contributed by atoms with Crippen molar-refractivity contribution in [1.29, 1.82) is 0 Å². The molecule has 0 radical (unpaired) electrons. The third-order valence-electron chi connectivity index (χ3n) is 2.72. The van der Waals surface area contributed by atoms with Crippen molar-refractivity contribution in [2.75, 3.05) is 17.2 Å². The molecule has 0 saturated heterocycles. The SMILES string of the molecule is O=C(Nc1ccc2c(c1)CCN2)c1cn[nH]n1. The maximum atomic E-state index is 11.7. The Hall–Kier alpha value is -2.37. The molecule has 1 aliphatic heterocycles. The molecule has 86 valence electrons. The molecule has 2 aromatic rings. The normalized spacial score (nSPS) is 12.9. The van der Waals surface area contributed by atoms with Crippen LogP contribution in [0.1, 0.15) is 16.1 Å². The molecule has 3 N–H and O–H groups in total. The highest BCUT2D eigenvalue weighted by Crippen LogP contribution is 2.25. The molecule has 0 fully saturated rings. The van der Waals surface area contributed by atoms with Crippen molar-refractivity contribution >= 4 is 17.3 Å². The minimum absolute atomic E-state index is 0.260. The molecule has 6 nitrogen and oxygen atoms in total. The topological polar surface area (TPSA) is 82.7 Å². The highest BCUT2D eigenvalue weighted by molar-refractivity contribution is 6.02. The van der Waals surface area contributed by atoms with Gasteiger partial charge in [-0.2, -0.15) is 15.4 Å². The Morgan fingerprint density at radius 3 is 3.18 bits per heavy atom. The van der Waals surface area contributed by atoms with E-state index in [0.717, 1.165) is 24.3 Å². The summed E-state index contributed by atoms with van der Waals surface area (Å²) in [7, 11) is 0. The average Bonchev–Trinajstić information content (AvgIpc) is 2.99. The summed E-state index contributed by atoms with van der Waals surface area (Å²) in [6.07, 6.45) is 2.38. The van der Waals surface area contributed by atoms with Gasteiger partial charge in [0.25, 0.3) is 5.91 Å². The van der Waals surface area contributed by atoms with Crippen LogP contribution in [0.2, 0.25) is 0 Å². The molecule has 1 aromatic heterocycles. The Bertz CT molecular complexity index is 549. The number of H-pyrrole nitrogens is 1. The number of benzene rings is 1. The first kappa shape index (κ1) is 9.83. The van der Waals surface area contributed by atoms with Gasteiger partial charge in [0, 0.05) is 17.9 Å². The Morgan fingerprint density at radius 2 is 2.35 bits per heavy atom. The van der Waals surface area contributed by atoms with Gasteiger partial charge in [-0.3, -0.25) is 4.79 Å². The number of rotatable bonds is 2. The molecule has 1 aliphatic rings. The van der Waals surface area contributed by atoms with Crippen LogP contribution in [0.15, 0.2) is 24.4 Å². The zero-order chi connectivity index (χ0) is 11.7. The molecule has 1 amide bonds. The molecular weight excluding hydrogens is 218 g/mol. The van der Waals surface area contributed by atoms with Crippen LogP contribution in [0.25, 0.3) is 0 Å². The van der Waals surface area contributed by atoms with Crippen LogP contribution in [0.4, 0.5) is 11.4 Å². The number of carbonyl (C=O) groups excluding carboxylic acids is 1. The van der Waals surface area contributed by atoms with Crippen molar-refractivity contribution in [3.05, 3.63) is 35.7 Å². The molecule has 2 heterocycles. The molecule has 0 bridgehead atoms. The van der Waals surface area contributed by atoms with Gasteiger partial charge in [0.2, 0.25) is 0 Å². The molecular formula is C11H11N5O. The number of nitrogens with zero attached hydrogens (tertiary/aromatic N) is 2. The largest absolute Gasteiger partial charge is 0.384 e. The van der Waals surface area contributed by atoms with E-state index in [-0.39, 0.29) is 11.6 Å². The number of hydrogen-bond donors (Lipinski definition) is 3. The standard InChI is InChI=1S/C11H11N5O/c17-11(10-6-13-16-15-10)14-8-1-2-9-7(5-8)3-4-12-9/h1-2,5-6,12H,3-4H2,(H,14,17)(H,13,15,16). The number of fused-ring (bicyclic) bond motifs is 1. The maximum Gasteiger partial charge on any atom is 0.277 e. The first-order valence-electron chi connectivity index (χ1n) is 5.37. The van der Waals surface area contributed by atoms with Gasteiger partial charge in [-0.15, -0.1) is 0 Å². The van der Waals surface area contributed by atoms with Gasteiger partial charge >= 0.3 is 0 Å². The molecule has 0 saturated carbocycles. The van der Waals surface area contributed by atoms with E-state index < -0.39 is 0 Å². The predicted octanol–water partition coefficient (Wildman–Crippen LogP) is 1.02. The van der Waals surface area contributed by atoms with Gasteiger partial charge in [0.15, 0.2) is 5.69 Å². The Kier molecular flexibility index (Phi) is 2.25. The Balaban J connectivity index is 1.80. The smallest absolute Gasteiger partial charge is 0.277 e. The number of anilines is 2. The lowest BCUT2D eigenvalue weighted by Gasteiger charge is -2.05. The summed E-state index contributed by atoms with van der Waals surface area (Å²) in [5.74, 6) is -0.260. The summed E-state index contributed by atoms with van der Waals surface area (Å²) >= 11 is 0. The van der Waals surface area contributed by atoms with Crippen molar-refractivity contribution in [3.8, 4) is 0 Å². The van der Waals surface area contributed by atoms with Gasteiger partial charge in [0.1, 0.15) is 0 Å². The van der Waals surface area contributed by atoms with E-state index >= 15 is 0 Å². The zero-order valence-corrected chi connectivity index (χ0v) is 9.03. The van der Waals surface area contributed by atoms with Crippen LogP contribution < -0.4 is 10.6 Å². The van der Waals surface area contributed by atoms with Crippen LogP contribution in [-0.2, 0) is 6.42 Å². The van der Waals surface area contributed by atoms with Gasteiger partial charge in [-0.05, 0) is 30.2 Å². The fraction of sp³-hybridized carbons (Fsp3) is 0.182. The lowest BCUT2D eigenvalue weighted by atomic mass is 10.1. The second-order valence-electron chi connectivity index (χ2n) is 3.86. The van der Waals surface area contributed by atoms with Gasteiger partial charge in [-0.1, -0.05) is 0 Å². The van der Waals surface area contributed by atoms with Crippen molar-refractivity contribution in [2.24, 2.45) is 0 Å². The molecule has 0 spiro atoms. The van der Waals surface area contributed by atoms with Crippen molar-refractivity contribution in [3.63, 3.8) is 0 Å². The lowest BCUT2D eigenvalue weighted by molar-refractivity contribution is 0.102. The second-order valence-corrected chi connectivity index (χ2v) is 3.86. The summed E-state index contributed by atoms with van der Waals surface area (Å²) in [6.45, 7) is 0.954. The number of nitrogens with one attached hydrogen (secondary N) is 3. The lowest BCUT2D eigenvalue weighted by Crippen LogP contribution is -2.12. The Morgan fingerprint density at radius 1 is 1.41 bits per heavy atom. The summed E-state index contributed by atoms with van der Waals surface area (Å²) in [5, 5.41) is 15.8. The number of aromatic nitrogens is 3. The molecule has 1 aromatic carbocycles. The highest BCUT2D eigenvalue weighted by atomic mass is 16.2. The molecule has 17 heavy (non-hydrogen) atoms. The highest BCUT2D eigenvalue weighted by Gasteiger charge is 2.12. The minimum Gasteiger partial charge on any atom is -0.384 e. The van der Waals surface area contributed by atoms with Crippen LogP contribution in [0.3, 0.4) is 0 Å². The van der Waals surface area contributed by atoms with E-state index in [2.05, 4.69) is 26.0 Å². The van der Waals surface area contributed by atoms with Crippen molar-refractivity contribution in [1.82, 2.24) is 15.4 Å². The number of hydrogen-bond acceptors (Lipinski definition) is 4. The summed E-state index contributed by atoms with van der Waals surface area (Å²) in [6, 6.07) is 5.82.